The number of hydrogen-bond donors (Lipinski definition) is 1. The quantitative estimate of drug-likeness (QED) is 0.857. The van der Waals surface area contributed by atoms with Gasteiger partial charge in [-0.25, -0.2) is 9.97 Å². The Balaban J connectivity index is 2.35. The van der Waals surface area contributed by atoms with Gasteiger partial charge in [-0.2, -0.15) is 0 Å². The Bertz CT molecular complexity index is 438. The van der Waals surface area contributed by atoms with Crippen molar-refractivity contribution in [2.45, 2.75) is 71.0 Å². The van der Waals surface area contributed by atoms with Crippen molar-refractivity contribution in [3.63, 3.8) is 0 Å². The third-order valence-corrected chi connectivity index (χ3v) is 4.21. The number of aryl methyl sites for hydroxylation is 1. The molecule has 1 atom stereocenters. The van der Waals surface area contributed by atoms with Crippen LogP contribution < -0.4 is 0 Å². The van der Waals surface area contributed by atoms with Gasteiger partial charge in [-0.3, -0.25) is 0 Å². The highest BCUT2D eigenvalue weighted by atomic mass is 16.5. The van der Waals surface area contributed by atoms with Crippen LogP contribution in [0.3, 0.4) is 0 Å². The summed E-state index contributed by atoms with van der Waals surface area (Å²) >= 11 is 0. The second-order valence-electron chi connectivity index (χ2n) is 5.75. The first-order valence-electron chi connectivity index (χ1n) is 7.75. The summed E-state index contributed by atoms with van der Waals surface area (Å²) in [5.41, 5.74) is 1.33. The first-order chi connectivity index (χ1) is 9.59. The van der Waals surface area contributed by atoms with E-state index in [-0.39, 0.29) is 5.60 Å². The van der Waals surface area contributed by atoms with E-state index in [1.54, 1.807) is 13.1 Å². The Morgan fingerprint density at radius 2 is 1.95 bits per heavy atom. The Morgan fingerprint density at radius 3 is 2.45 bits per heavy atom. The topological polar surface area (TPSA) is 55.2 Å². The van der Waals surface area contributed by atoms with Crippen molar-refractivity contribution in [3.05, 3.63) is 23.3 Å². The van der Waals surface area contributed by atoms with E-state index in [2.05, 4.69) is 9.97 Å². The van der Waals surface area contributed by atoms with Crippen molar-refractivity contribution in [1.82, 2.24) is 9.97 Å². The summed E-state index contributed by atoms with van der Waals surface area (Å²) in [5.74, 6) is 0.795. The van der Waals surface area contributed by atoms with Crippen molar-refractivity contribution in [2.75, 3.05) is 6.61 Å². The summed E-state index contributed by atoms with van der Waals surface area (Å²) < 4.78 is 6.10. The van der Waals surface area contributed by atoms with Gasteiger partial charge in [0.25, 0.3) is 0 Å². The largest absolute Gasteiger partial charge is 0.389 e. The van der Waals surface area contributed by atoms with Crippen LogP contribution >= 0.6 is 0 Å². The molecule has 1 aliphatic carbocycles. The van der Waals surface area contributed by atoms with Gasteiger partial charge in [0.05, 0.1) is 6.10 Å². The second kappa shape index (κ2) is 6.64. The molecule has 1 aromatic heterocycles. The molecule has 0 radical (unpaired) electrons. The number of rotatable bonds is 4. The number of nitrogens with zero attached hydrogens (tertiary/aromatic N) is 2. The van der Waals surface area contributed by atoms with Gasteiger partial charge in [0.15, 0.2) is 5.82 Å². The van der Waals surface area contributed by atoms with Crippen molar-refractivity contribution in [3.8, 4) is 0 Å². The lowest BCUT2D eigenvalue weighted by Crippen LogP contribution is -2.32. The van der Waals surface area contributed by atoms with Crippen LogP contribution in [0.4, 0.5) is 0 Å². The average Bonchev–Trinajstić information content (AvgIpc) is 2.65. The molecule has 0 aromatic carbocycles. The van der Waals surface area contributed by atoms with Gasteiger partial charge < -0.3 is 9.84 Å². The highest BCUT2D eigenvalue weighted by Gasteiger charge is 2.36. The lowest BCUT2D eigenvalue weighted by atomic mass is 9.92. The van der Waals surface area contributed by atoms with E-state index in [0.717, 1.165) is 29.9 Å². The molecule has 1 heterocycles. The molecule has 0 bridgehead atoms. The van der Waals surface area contributed by atoms with Gasteiger partial charge in [0.1, 0.15) is 5.60 Å². The smallest absolute Gasteiger partial charge is 0.160 e. The molecule has 2 rings (SSSR count). The van der Waals surface area contributed by atoms with Crippen LogP contribution in [0.5, 0.6) is 0 Å². The normalized spacial score (nSPS) is 20.4. The van der Waals surface area contributed by atoms with Crippen molar-refractivity contribution < 1.29 is 9.84 Å². The van der Waals surface area contributed by atoms with Crippen LogP contribution in [0.2, 0.25) is 0 Å². The second-order valence-corrected chi connectivity index (χ2v) is 5.75. The van der Waals surface area contributed by atoms with E-state index in [1.165, 1.54) is 25.7 Å². The fourth-order valence-corrected chi connectivity index (χ4v) is 3.11. The fraction of sp³-hybridized carbons (Fsp3) is 0.750. The van der Waals surface area contributed by atoms with E-state index < -0.39 is 6.10 Å². The Kier molecular flexibility index (Phi) is 5.11. The molecule has 1 N–H and O–H groups in total. The first-order valence-corrected chi connectivity index (χ1v) is 7.75. The molecule has 0 amide bonds. The van der Waals surface area contributed by atoms with E-state index in [4.69, 9.17) is 4.74 Å². The van der Waals surface area contributed by atoms with E-state index in [1.807, 2.05) is 13.8 Å². The Morgan fingerprint density at radius 1 is 1.30 bits per heavy atom. The number of aromatic nitrogens is 2. The lowest BCUT2D eigenvalue weighted by Gasteiger charge is -2.31. The predicted octanol–water partition coefficient (Wildman–Crippen LogP) is 3.42. The van der Waals surface area contributed by atoms with Crippen LogP contribution in [0, 0.1) is 6.92 Å². The third kappa shape index (κ3) is 3.18. The average molecular weight is 278 g/mol. The predicted molar refractivity (Wildman–Crippen MR) is 78.4 cm³/mol. The first kappa shape index (κ1) is 15.4. The minimum atomic E-state index is -0.527. The number of aliphatic hydroxyl groups excluding tert-OH is 1. The van der Waals surface area contributed by atoms with Gasteiger partial charge in [0, 0.05) is 24.1 Å². The van der Waals surface area contributed by atoms with E-state index in [9.17, 15) is 5.11 Å². The lowest BCUT2D eigenvalue weighted by molar-refractivity contribution is -0.0626. The zero-order valence-electron chi connectivity index (χ0n) is 12.9. The molecule has 112 valence electrons. The SMILES string of the molecule is CCOC1(c2ncc(C(C)O)c(C)n2)CCCCCC1. The summed E-state index contributed by atoms with van der Waals surface area (Å²) in [6.45, 7) is 6.39. The molecule has 4 nitrogen and oxygen atoms in total. The molecule has 0 spiro atoms. The molecule has 1 fully saturated rings. The van der Waals surface area contributed by atoms with E-state index in [0.29, 0.717) is 6.61 Å². The van der Waals surface area contributed by atoms with Crippen molar-refractivity contribution in [2.24, 2.45) is 0 Å². The minimum Gasteiger partial charge on any atom is -0.389 e. The van der Waals surface area contributed by atoms with Crippen LogP contribution in [0.25, 0.3) is 0 Å². The Hall–Kier alpha value is -1.00. The monoisotopic (exact) mass is 278 g/mol. The molecule has 1 aromatic rings. The van der Waals surface area contributed by atoms with Crippen LogP contribution in [0.1, 0.15) is 75.6 Å². The maximum absolute atomic E-state index is 9.71. The molecule has 1 aliphatic rings. The highest BCUT2D eigenvalue weighted by molar-refractivity contribution is 5.20. The molecule has 0 aliphatic heterocycles. The van der Waals surface area contributed by atoms with Gasteiger partial charge in [-0.15, -0.1) is 0 Å². The van der Waals surface area contributed by atoms with Crippen LogP contribution in [-0.4, -0.2) is 21.7 Å². The fourth-order valence-electron chi connectivity index (χ4n) is 3.11. The maximum Gasteiger partial charge on any atom is 0.160 e. The highest BCUT2D eigenvalue weighted by Crippen LogP contribution is 2.38. The van der Waals surface area contributed by atoms with Crippen molar-refractivity contribution in [1.29, 1.82) is 0 Å². The van der Waals surface area contributed by atoms with Crippen molar-refractivity contribution >= 4 is 0 Å². The van der Waals surface area contributed by atoms with E-state index >= 15 is 0 Å². The molecule has 4 heteroatoms. The number of aliphatic hydroxyl groups is 1. The molecule has 20 heavy (non-hydrogen) atoms. The maximum atomic E-state index is 9.71. The summed E-state index contributed by atoms with van der Waals surface area (Å²) in [4.78, 5) is 9.18. The van der Waals surface area contributed by atoms with Crippen LogP contribution in [-0.2, 0) is 10.3 Å². The standard InChI is InChI=1S/C16H26N2O2/c1-4-20-16(9-7-5-6-8-10-16)15-17-11-14(13(3)19)12(2)18-15/h11,13,19H,4-10H2,1-3H3. The van der Waals surface area contributed by atoms with Gasteiger partial charge in [0.2, 0.25) is 0 Å². The molecular weight excluding hydrogens is 252 g/mol. The number of ether oxygens (including phenoxy) is 1. The third-order valence-electron chi connectivity index (χ3n) is 4.21. The van der Waals surface area contributed by atoms with Gasteiger partial charge >= 0.3 is 0 Å². The molecule has 0 saturated heterocycles. The zero-order chi connectivity index (χ0) is 14.6. The minimum absolute atomic E-state index is 0.326. The molecule has 1 saturated carbocycles. The van der Waals surface area contributed by atoms with Gasteiger partial charge in [-0.1, -0.05) is 25.7 Å². The van der Waals surface area contributed by atoms with Crippen LogP contribution in [0.15, 0.2) is 6.20 Å². The molecular formula is C16H26N2O2. The Labute approximate surface area is 121 Å². The summed E-state index contributed by atoms with van der Waals surface area (Å²) in [7, 11) is 0. The summed E-state index contributed by atoms with van der Waals surface area (Å²) in [5, 5.41) is 9.71. The number of hydrogen-bond acceptors (Lipinski definition) is 4. The molecule has 1 unspecified atom stereocenters. The zero-order valence-corrected chi connectivity index (χ0v) is 12.9. The summed E-state index contributed by atoms with van der Waals surface area (Å²) in [6.07, 6.45) is 8.08. The van der Waals surface area contributed by atoms with Gasteiger partial charge in [-0.05, 0) is 33.6 Å². The summed E-state index contributed by atoms with van der Waals surface area (Å²) in [6, 6.07) is 0.